The molecule has 0 atom stereocenters. The molecule has 3 aromatic rings. The number of amides is 1. The number of hydrogen-bond donors (Lipinski definition) is 0. The molecule has 0 spiro atoms. The molecule has 0 unspecified atom stereocenters. The third-order valence-electron chi connectivity index (χ3n) is 4.31. The maximum atomic E-state index is 13.2. The van der Waals surface area contributed by atoms with E-state index in [0.717, 1.165) is 27.3 Å². The van der Waals surface area contributed by atoms with Crippen molar-refractivity contribution in [1.82, 2.24) is 4.90 Å². The minimum Gasteiger partial charge on any atom is -0.464 e. The van der Waals surface area contributed by atoms with Crippen LogP contribution < -0.4 is 9.47 Å². The van der Waals surface area contributed by atoms with Crippen molar-refractivity contribution < 1.29 is 18.7 Å². The summed E-state index contributed by atoms with van der Waals surface area (Å²) in [4.78, 5) is 14.9. The lowest BCUT2D eigenvalue weighted by atomic mass is 10.1. The number of hydrogen-bond acceptors (Lipinski definition) is 4. The van der Waals surface area contributed by atoms with Gasteiger partial charge in [0.1, 0.15) is 11.5 Å². The third-order valence-corrected chi connectivity index (χ3v) is 4.81. The van der Waals surface area contributed by atoms with Gasteiger partial charge in [-0.1, -0.05) is 28.1 Å². The molecule has 0 bridgehead atoms. The molecular formula is C21H18BrNO4. The topological polar surface area (TPSA) is 51.9 Å². The van der Waals surface area contributed by atoms with E-state index < -0.39 is 0 Å². The lowest BCUT2D eigenvalue weighted by molar-refractivity contribution is 0.0717. The van der Waals surface area contributed by atoms with E-state index in [1.165, 1.54) is 0 Å². The number of carbonyl (C=O) groups is 1. The average molecular weight is 428 g/mol. The predicted molar refractivity (Wildman–Crippen MR) is 104 cm³/mol. The lowest BCUT2D eigenvalue weighted by Crippen LogP contribution is -2.30. The Bertz CT molecular complexity index is 982. The van der Waals surface area contributed by atoms with Crippen molar-refractivity contribution in [3.8, 4) is 11.5 Å². The van der Waals surface area contributed by atoms with Gasteiger partial charge in [-0.05, 0) is 55.0 Å². The van der Waals surface area contributed by atoms with Gasteiger partial charge in [-0.3, -0.25) is 4.79 Å². The van der Waals surface area contributed by atoms with Gasteiger partial charge in [-0.15, -0.1) is 0 Å². The predicted octanol–water partition coefficient (Wildman–Crippen LogP) is 4.92. The standard InChI is InChI=1S/C21H18BrNO4/c1-14-5-7-18(27-14)12-23(21(24)16-3-2-4-17(22)10-16)11-15-6-8-19-20(9-15)26-13-25-19/h2-10H,11-13H2,1H3. The molecule has 0 saturated heterocycles. The summed E-state index contributed by atoms with van der Waals surface area (Å²) in [6.07, 6.45) is 0. The Morgan fingerprint density at radius 2 is 1.89 bits per heavy atom. The smallest absolute Gasteiger partial charge is 0.254 e. The van der Waals surface area contributed by atoms with Crippen LogP contribution in [0.1, 0.15) is 27.4 Å². The number of ether oxygens (including phenoxy) is 2. The Kier molecular flexibility index (Phi) is 4.90. The van der Waals surface area contributed by atoms with Gasteiger partial charge in [0, 0.05) is 16.6 Å². The van der Waals surface area contributed by atoms with Crippen LogP contribution in [0.4, 0.5) is 0 Å². The Hall–Kier alpha value is -2.73. The first-order chi connectivity index (χ1) is 13.1. The van der Waals surface area contributed by atoms with E-state index in [4.69, 9.17) is 13.9 Å². The molecule has 0 saturated carbocycles. The Morgan fingerprint density at radius 1 is 1.04 bits per heavy atom. The van der Waals surface area contributed by atoms with Gasteiger partial charge >= 0.3 is 0 Å². The zero-order chi connectivity index (χ0) is 18.8. The molecule has 2 aromatic carbocycles. The van der Waals surface area contributed by atoms with Gasteiger partial charge in [0.15, 0.2) is 11.5 Å². The second-order valence-electron chi connectivity index (χ2n) is 6.37. The quantitative estimate of drug-likeness (QED) is 0.579. The van der Waals surface area contributed by atoms with Crippen molar-refractivity contribution in [1.29, 1.82) is 0 Å². The summed E-state index contributed by atoms with van der Waals surface area (Å²) in [5.41, 5.74) is 1.58. The van der Waals surface area contributed by atoms with E-state index in [1.54, 1.807) is 4.90 Å². The number of halogens is 1. The minimum absolute atomic E-state index is 0.0666. The summed E-state index contributed by atoms with van der Waals surface area (Å²) >= 11 is 3.43. The zero-order valence-corrected chi connectivity index (χ0v) is 16.4. The molecule has 0 radical (unpaired) electrons. The normalized spacial score (nSPS) is 12.2. The van der Waals surface area contributed by atoms with Crippen molar-refractivity contribution in [2.75, 3.05) is 6.79 Å². The van der Waals surface area contributed by atoms with Crippen LogP contribution in [0.25, 0.3) is 0 Å². The highest BCUT2D eigenvalue weighted by Crippen LogP contribution is 2.33. The Balaban J connectivity index is 1.61. The van der Waals surface area contributed by atoms with Crippen LogP contribution >= 0.6 is 15.9 Å². The number of benzene rings is 2. The summed E-state index contributed by atoms with van der Waals surface area (Å²) in [6, 6.07) is 16.9. The fourth-order valence-corrected chi connectivity index (χ4v) is 3.42. The third kappa shape index (κ3) is 4.01. The second kappa shape index (κ2) is 7.48. The van der Waals surface area contributed by atoms with Crippen molar-refractivity contribution in [3.63, 3.8) is 0 Å². The monoisotopic (exact) mass is 427 g/mol. The molecule has 1 aliphatic rings. The zero-order valence-electron chi connectivity index (χ0n) is 14.8. The molecular weight excluding hydrogens is 410 g/mol. The molecule has 0 fully saturated rings. The molecule has 0 N–H and O–H groups in total. The molecule has 1 aromatic heterocycles. The van der Waals surface area contributed by atoms with Crippen LogP contribution in [-0.4, -0.2) is 17.6 Å². The first-order valence-corrected chi connectivity index (χ1v) is 9.36. The van der Waals surface area contributed by atoms with E-state index in [1.807, 2.05) is 61.5 Å². The average Bonchev–Trinajstić information content (AvgIpc) is 3.29. The number of carbonyl (C=O) groups excluding carboxylic acids is 1. The van der Waals surface area contributed by atoms with E-state index >= 15 is 0 Å². The first-order valence-electron chi connectivity index (χ1n) is 8.57. The SMILES string of the molecule is Cc1ccc(CN(Cc2ccc3c(c2)OCO3)C(=O)c2cccc(Br)c2)o1. The molecule has 5 nitrogen and oxygen atoms in total. The van der Waals surface area contributed by atoms with Crippen LogP contribution in [0, 0.1) is 6.92 Å². The lowest BCUT2D eigenvalue weighted by Gasteiger charge is -2.22. The summed E-state index contributed by atoms with van der Waals surface area (Å²) < 4.78 is 17.4. The number of nitrogens with zero attached hydrogens (tertiary/aromatic N) is 1. The molecule has 1 aliphatic heterocycles. The van der Waals surface area contributed by atoms with Gasteiger partial charge < -0.3 is 18.8 Å². The first kappa shape index (κ1) is 17.7. The highest BCUT2D eigenvalue weighted by molar-refractivity contribution is 9.10. The fourth-order valence-electron chi connectivity index (χ4n) is 3.02. The van der Waals surface area contributed by atoms with Crippen LogP contribution in [-0.2, 0) is 13.1 Å². The highest BCUT2D eigenvalue weighted by atomic mass is 79.9. The number of rotatable bonds is 5. The van der Waals surface area contributed by atoms with Crippen molar-refractivity contribution in [3.05, 3.63) is 81.7 Å². The number of aryl methyl sites for hydroxylation is 1. The second-order valence-corrected chi connectivity index (χ2v) is 7.29. The number of fused-ring (bicyclic) bond motifs is 1. The van der Waals surface area contributed by atoms with E-state index in [0.29, 0.717) is 24.4 Å². The maximum Gasteiger partial charge on any atom is 0.254 e. The van der Waals surface area contributed by atoms with Gasteiger partial charge in [0.25, 0.3) is 5.91 Å². The van der Waals surface area contributed by atoms with Gasteiger partial charge in [-0.2, -0.15) is 0 Å². The Morgan fingerprint density at radius 3 is 2.67 bits per heavy atom. The largest absolute Gasteiger partial charge is 0.464 e. The van der Waals surface area contributed by atoms with Gasteiger partial charge in [-0.25, -0.2) is 0 Å². The molecule has 6 heteroatoms. The van der Waals surface area contributed by atoms with Crippen LogP contribution in [0.3, 0.4) is 0 Å². The summed E-state index contributed by atoms with van der Waals surface area (Å²) in [7, 11) is 0. The maximum absolute atomic E-state index is 13.2. The van der Waals surface area contributed by atoms with E-state index in [-0.39, 0.29) is 12.7 Å². The molecule has 2 heterocycles. The molecule has 138 valence electrons. The fraction of sp³-hybridized carbons (Fsp3) is 0.190. The van der Waals surface area contributed by atoms with Crippen molar-refractivity contribution in [2.24, 2.45) is 0 Å². The van der Waals surface area contributed by atoms with Crippen LogP contribution in [0.15, 0.2) is 63.5 Å². The van der Waals surface area contributed by atoms with Crippen molar-refractivity contribution >= 4 is 21.8 Å². The minimum atomic E-state index is -0.0666. The van der Waals surface area contributed by atoms with E-state index in [9.17, 15) is 4.79 Å². The van der Waals surface area contributed by atoms with Gasteiger partial charge in [0.05, 0.1) is 6.54 Å². The Labute approximate surface area is 165 Å². The summed E-state index contributed by atoms with van der Waals surface area (Å²) in [6.45, 7) is 2.93. The van der Waals surface area contributed by atoms with Gasteiger partial charge in [0.2, 0.25) is 6.79 Å². The summed E-state index contributed by atoms with van der Waals surface area (Å²) in [5.74, 6) is 2.93. The molecule has 27 heavy (non-hydrogen) atoms. The highest BCUT2D eigenvalue weighted by Gasteiger charge is 2.20. The molecule has 0 aliphatic carbocycles. The molecule has 4 rings (SSSR count). The molecule has 1 amide bonds. The van der Waals surface area contributed by atoms with Crippen LogP contribution in [0.2, 0.25) is 0 Å². The summed E-state index contributed by atoms with van der Waals surface area (Å²) in [5, 5.41) is 0. The number of furan rings is 1. The van der Waals surface area contributed by atoms with E-state index in [2.05, 4.69) is 15.9 Å². The van der Waals surface area contributed by atoms with Crippen LogP contribution in [0.5, 0.6) is 11.5 Å². The van der Waals surface area contributed by atoms with Crippen molar-refractivity contribution in [2.45, 2.75) is 20.0 Å².